The van der Waals surface area contributed by atoms with Crippen molar-refractivity contribution in [2.24, 2.45) is 0 Å². The number of benzene rings is 2. The smallest absolute Gasteiger partial charge is 0.253 e. The zero-order valence-corrected chi connectivity index (χ0v) is 11.9. The van der Waals surface area contributed by atoms with Gasteiger partial charge in [0, 0.05) is 4.90 Å². The van der Waals surface area contributed by atoms with Gasteiger partial charge >= 0.3 is 6.18 Å². The first-order valence-corrected chi connectivity index (χ1v) is 6.77. The van der Waals surface area contributed by atoms with Crippen LogP contribution in [0.5, 0.6) is 0 Å². The highest BCUT2D eigenvalue weighted by Crippen LogP contribution is 2.34. The van der Waals surface area contributed by atoms with Gasteiger partial charge in [0.1, 0.15) is 0 Å². The van der Waals surface area contributed by atoms with E-state index >= 15 is 0 Å². The molecule has 0 saturated heterocycles. The second-order valence-electron chi connectivity index (χ2n) is 4.47. The van der Waals surface area contributed by atoms with Crippen molar-refractivity contribution < 1.29 is 13.2 Å². The molecule has 0 saturated carbocycles. The molecular weight excluding hydrogens is 283 g/mol. The minimum Gasteiger partial charge on any atom is -0.253 e. The minimum absolute atomic E-state index is 0.626. The fourth-order valence-corrected chi connectivity index (χ4v) is 2.64. The second-order valence-corrected chi connectivity index (χ2v) is 5.83. The fraction of sp³-hybridized carbons (Fsp3) is 0.200. The maximum absolute atomic E-state index is 12.6. The van der Waals surface area contributed by atoms with Crippen molar-refractivity contribution >= 4 is 11.9 Å². The van der Waals surface area contributed by atoms with E-state index in [4.69, 9.17) is 0 Å². The first-order chi connectivity index (χ1) is 9.38. The van der Waals surface area contributed by atoms with Gasteiger partial charge < -0.3 is 0 Å². The van der Waals surface area contributed by atoms with Gasteiger partial charge in [0.25, 0.3) is 0 Å². The van der Waals surface area contributed by atoms with E-state index in [0.717, 1.165) is 28.2 Å². The Balaban J connectivity index is 2.37. The Hall–Kier alpha value is -1.46. The van der Waals surface area contributed by atoms with E-state index in [1.165, 1.54) is 12.1 Å². The summed E-state index contributed by atoms with van der Waals surface area (Å²) in [7, 11) is 3.85. The molecule has 2 aromatic rings. The normalized spacial score (nSPS) is 11.9. The highest BCUT2D eigenvalue weighted by atomic mass is 32.2. The summed E-state index contributed by atoms with van der Waals surface area (Å²) in [5, 5.41) is 0. The van der Waals surface area contributed by atoms with Gasteiger partial charge in [-0.2, -0.15) is 13.2 Å². The van der Waals surface area contributed by atoms with E-state index in [2.05, 4.69) is 0 Å². The van der Waals surface area contributed by atoms with Crippen molar-refractivity contribution in [1.29, 1.82) is 0 Å². The average Bonchev–Trinajstić information content (AvgIpc) is 2.38. The lowest BCUT2D eigenvalue weighted by Crippen LogP contribution is -2.04. The van der Waals surface area contributed by atoms with Crippen LogP contribution in [0.2, 0.25) is 0 Å². The zero-order chi connectivity index (χ0) is 14.8. The van der Waals surface area contributed by atoms with E-state index < -0.39 is 11.7 Å². The molecule has 0 aromatic heterocycles. The van der Waals surface area contributed by atoms with Gasteiger partial charge in [0.2, 0.25) is 0 Å². The molecule has 0 fully saturated rings. The van der Waals surface area contributed by atoms with Crippen molar-refractivity contribution in [2.75, 3.05) is 14.1 Å². The third-order valence-electron chi connectivity index (χ3n) is 2.69. The molecule has 0 N–H and O–H groups in total. The lowest BCUT2D eigenvalue weighted by molar-refractivity contribution is -0.137. The monoisotopic (exact) mass is 297 g/mol. The third-order valence-corrected chi connectivity index (χ3v) is 3.61. The highest BCUT2D eigenvalue weighted by molar-refractivity contribution is 7.97. The molecule has 2 aromatic carbocycles. The lowest BCUT2D eigenvalue weighted by atomic mass is 10.0. The largest absolute Gasteiger partial charge is 0.416 e. The van der Waals surface area contributed by atoms with Crippen LogP contribution in [0.4, 0.5) is 13.2 Å². The van der Waals surface area contributed by atoms with E-state index in [1.807, 2.05) is 42.7 Å². The lowest BCUT2D eigenvalue weighted by Gasteiger charge is -2.14. The van der Waals surface area contributed by atoms with Gasteiger partial charge in [-0.1, -0.05) is 30.3 Å². The van der Waals surface area contributed by atoms with Crippen molar-refractivity contribution in [3.05, 3.63) is 54.1 Å². The summed E-state index contributed by atoms with van der Waals surface area (Å²) < 4.78 is 39.6. The predicted octanol–water partition coefficient (Wildman–Crippen LogP) is 4.94. The standard InChI is InChI=1S/C15H14F3NS/c1-19(2)20-14-6-4-3-5-13(14)11-7-9-12(10-8-11)15(16,17)18/h3-10H,1-2H3. The van der Waals surface area contributed by atoms with Gasteiger partial charge in [-0.25, -0.2) is 0 Å². The molecule has 20 heavy (non-hydrogen) atoms. The molecule has 0 aliphatic carbocycles. The third kappa shape index (κ3) is 3.55. The Morgan fingerprint density at radius 2 is 1.50 bits per heavy atom. The second kappa shape index (κ2) is 5.89. The molecule has 2 rings (SSSR count). The number of hydrogen-bond donors (Lipinski definition) is 0. The minimum atomic E-state index is -4.30. The summed E-state index contributed by atoms with van der Waals surface area (Å²) in [5.41, 5.74) is 1.09. The molecule has 0 aliphatic heterocycles. The summed E-state index contributed by atoms with van der Waals surface area (Å²) in [6.45, 7) is 0. The number of nitrogens with zero attached hydrogens (tertiary/aromatic N) is 1. The summed E-state index contributed by atoms with van der Waals surface area (Å²) in [5.74, 6) is 0. The van der Waals surface area contributed by atoms with Crippen LogP contribution in [0.15, 0.2) is 53.4 Å². The van der Waals surface area contributed by atoms with E-state index in [0.29, 0.717) is 0 Å². The van der Waals surface area contributed by atoms with Crippen LogP contribution in [0.25, 0.3) is 11.1 Å². The van der Waals surface area contributed by atoms with E-state index in [9.17, 15) is 13.2 Å². The Morgan fingerprint density at radius 3 is 2.05 bits per heavy atom. The highest BCUT2D eigenvalue weighted by Gasteiger charge is 2.30. The Morgan fingerprint density at radius 1 is 0.900 bits per heavy atom. The zero-order valence-electron chi connectivity index (χ0n) is 11.1. The predicted molar refractivity (Wildman–Crippen MR) is 76.4 cm³/mol. The summed E-state index contributed by atoms with van der Waals surface area (Å²) >= 11 is 1.54. The van der Waals surface area contributed by atoms with Crippen molar-refractivity contribution in [1.82, 2.24) is 4.31 Å². The van der Waals surface area contributed by atoms with Crippen LogP contribution in [-0.2, 0) is 6.18 Å². The van der Waals surface area contributed by atoms with Crippen molar-refractivity contribution in [2.45, 2.75) is 11.1 Å². The Bertz CT molecular complexity index is 576. The average molecular weight is 297 g/mol. The molecule has 0 aliphatic rings. The van der Waals surface area contributed by atoms with Crippen LogP contribution in [0.1, 0.15) is 5.56 Å². The molecule has 106 valence electrons. The Labute approximate surface area is 120 Å². The number of halogens is 3. The molecule has 0 spiro atoms. The molecule has 1 nitrogen and oxygen atoms in total. The van der Waals surface area contributed by atoms with Gasteiger partial charge in [0.05, 0.1) is 5.56 Å². The Kier molecular flexibility index (Phi) is 4.40. The van der Waals surface area contributed by atoms with Crippen LogP contribution >= 0.6 is 11.9 Å². The van der Waals surface area contributed by atoms with Crippen LogP contribution in [0.3, 0.4) is 0 Å². The molecular formula is C15H14F3NS. The first kappa shape index (κ1) is 14.9. The van der Waals surface area contributed by atoms with Gasteiger partial charge in [-0.05, 0) is 55.4 Å². The number of hydrogen-bond acceptors (Lipinski definition) is 2. The molecule has 5 heteroatoms. The molecule has 0 heterocycles. The van der Waals surface area contributed by atoms with Crippen LogP contribution < -0.4 is 0 Å². The summed E-state index contributed by atoms with van der Waals surface area (Å²) in [4.78, 5) is 1.01. The fourth-order valence-electron chi connectivity index (χ4n) is 1.82. The van der Waals surface area contributed by atoms with E-state index in [-0.39, 0.29) is 0 Å². The van der Waals surface area contributed by atoms with Gasteiger partial charge in [-0.15, -0.1) is 0 Å². The SMILES string of the molecule is CN(C)Sc1ccccc1-c1ccc(C(F)(F)F)cc1. The van der Waals surface area contributed by atoms with Gasteiger partial charge in [0.15, 0.2) is 0 Å². The summed E-state index contributed by atoms with van der Waals surface area (Å²) in [6, 6.07) is 12.9. The van der Waals surface area contributed by atoms with Gasteiger partial charge in [-0.3, -0.25) is 4.31 Å². The molecule has 0 radical (unpaired) electrons. The number of alkyl halides is 3. The quantitative estimate of drug-likeness (QED) is 0.738. The topological polar surface area (TPSA) is 3.24 Å². The molecule has 0 atom stereocenters. The van der Waals surface area contributed by atoms with Crippen LogP contribution in [-0.4, -0.2) is 18.4 Å². The van der Waals surface area contributed by atoms with Crippen molar-refractivity contribution in [3.8, 4) is 11.1 Å². The van der Waals surface area contributed by atoms with Crippen LogP contribution in [0, 0.1) is 0 Å². The maximum atomic E-state index is 12.6. The van der Waals surface area contributed by atoms with Crippen molar-refractivity contribution in [3.63, 3.8) is 0 Å². The summed E-state index contributed by atoms with van der Waals surface area (Å²) in [6.07, 6.45) is -4.30. The first-order valence-electron chi connectivity index (χ1n) is 6.00. The molecule has 0 bridgehead atoms. The van der Waals surface area contributed by atoms with E-state index in [1.54, 1.807) is 11.9 Å². The maximum Gasteiger partial charge on any atom is 0.416 e. The molecule has 0 amide bonds. The molecule has 0 unspecified atom stereocenters. The number of rotatable bonds is 3.